The van der Waals surface area contributed by atoms with Crippen molar-refractivity contribution in [3.05, 3.63) is 70.8 Å². The zero-order chi connectivity index (χ0) is 20.9. The van der Waals surface area contributed by atoms with Crippen molar-refractivity contribution in [2.75, 3.05) is 0 Å². The summed E-state index contributed by atoms with van der Waals surface area (Å²) in [6.45, 7) is 2.02. The Hall–Kier alpha value is -2.46. The fourth-order valence-electron chi connectivity index (χ4n) is 6.45. The third kappa shape index (κ3) is 3.37. The van der Waals surface area contributed by atoms with Gasteiger partial charge in [0.15, 0.2) is 5.78 Å². The van der Waals surface area contributed by atoms with Gasteiger partial charge in [-0.05, 0) is 74.0 Å². The van der Waals surface area contributed by atoms with Crippen molar-refractivity contribution in [1.82, 2.24) is 5.32 Å². The van der Waals surface area contributed by atoms with E-state index in [9.17, 15) is 14.7 Å². The van der Waals surface area contributed by atoms with Crippen molar-refractivity contribution in [3.8, 4) is 0 Å². The molecule has 2 unspecified atom stereocenters. The third-order valence-corrected chi connectivity index (χ3v) is 7.57. The zero-order valence-corrected chi connectivity index (χ0v) is 17.4. The lowest BCUT2D eigenvalue weighted by molar-refractivity contribution is -0.136. The Bertz CT molecular complexity index is 967. The molecule has 4 saturated carbocycles. The van der Waals surface area contributed by atoms with Crippen molar-refractivity contribution in [2.45, 2.75) is 57.1 Å². The number of aliphatic hydroxyl groups is 1. The van der Waals surface area contributed by atoms with Crippen LogP contribution in [-0.2, 0) is 6.42 Å². The number of nitrogens with one attached hydrogen (secondary N) is 1. The van der Waals surface area contributed by atoms with Crippen LogP contribution in [0.25, 0.3) is 0 Å². The Morgan fingerprint density at radius 1 is 1.00 bits per heavy atom. The van der Waals surface area contributed by atoms with Gasteiger partial charge in [0, 0.05) is 22.7 Å². The molecule has 0 saturated heterocycles. The van der Waals surface area contributed by atoms with E-state index >= 15 is 0 Å². The van der Waals surface area contributed by atoms with Crippen LogP contribution in [0, 0.1) is 17.8 Å². The highest BCUT2D eigenvalue weighted by Gasteiger charge is 2.55. The molecule has 2 atom stereocenters. The van der Waals surface area contributed by atoms with Crippen molar-refractivity contribution in [2.24, 2.45) is 17.8 Å². The van der Waals surface area contributed by atoms with Gasteiger partial charge in [0.1, 0.15) is 0 Å². The second kappa shape index (κ2) is 7.35. The maximum Gasteiger partial charge on any atom is 0.251 e. The number of rotatable bonds is 5. The van der Waals surface area contributed by atoms with Crippen molar-refractivity contribution in [1.29, 1.82) is 0 Å². The summed E-state index contributed by atoms with van der Waals surface area (Å²) in [4.78, 5) is 26.0. The van der Waals surface area contributed by atoms with Crippen LogP contribution in [0.1, 0.15) is 70.9 Å². The fraction of sp³-hybridized carbons (Fsp3) is 0.462. The van der Waals surface area contributed by atoms with Gasteiger partial charge in [0.05, 0.1) is 5.60 Å². The average Bonchev–Trinajstić information content (AvgIpc) is 2.74. The molecule has 0 radical (unpaired) electrons. The molecule has 30 heavy (non-hydrogen) atoms. The van der Waals surface area contributed by atoms with Crippen molar-refractivity contribution in [3.63, 3.8) is 0 Å². The lowest BCUT2D eigenvalue weighted by Crippen LogP contribution is -2.61. The van der Waals surface area contributed by atoms with Crippen LogP contribution in [-0.4, -0.2) is 28.4 Å². The van der Waals surface area contributed by atoms with E-state index in [-0.39, 0.29) is 17.7 Å². The van der Waals surface area contributed by atoms with E-state index in [0.717, 1.165) is 37.7 Å². The number of carbonyl (C=O) groups excluding carboxylic acids is 2. The molecule has 2 aromatic rings. The Morgan fingerprint density at radius 2 is 1.70 bits per heavy atom. The Morgan fingerprint density at radius 3 is 2.33 bits per heavy atom. The molecule has 4 aliphatic rings. The summed E-state index contributed by atoms with van der Waals surface area (Å²) in [6, 6.07) is 14.8. The second-order valence-electron chi connectivity index (χ2n) is 9.61. The molecule has 0 spiro atoms. The molecule has 156 valence electrons. The summed E-state index contributed by atoms with van der Waals surface area (Å²) in [5.74, 6) is 1.32. The largest absolute Gasteiger partial charge is 0.390 e. The summed E-state index contributed by atoms with van der Waals surface area (Å²) >= 11 is 0. The number of aryl methyl sites for hydroxylation is 1. The molecule has 2 aromatic carbocycles. The van der Waals surface area contributed by atoms with Gasteiger partial charge in [0.2, 0.25) is 0 Å². The van der Waals surface area contributed by atoms with Gasteiger partial charge in [-0.3, -0.25) is 9.59 Å². The topological polar surface area (TPSA) is 66.4 Å². The standard InChI is InChI=1S/C26H29NO3/c1-2-17-12-19(24(28)18-6-4-3-5-7-18)8-9-22(17)25(29)27-23-20-10-16-11-21(23)15-26(30,13-16)14-20/h3-9,12,16,20-21,23,30H,2,10-11,13-15H2,1H3,(H,27,29). The molecule has 0 aromatic heterocycles. The van der Waals surface area contributed by atoms with E-state index in [1.54, 1.807) is 12.1 Å². The highest BCUT2D eigenvalue weighted by atomic mass is 16.3. The first-order chi connectivity index (χ1) is 14.5. The predicted molar refractivity (Wildman–Crippen MR) is 115 cm³/mol. The Labute approximate surface area is 177 Å². The molecular weight excluding hydrogens is 374 g/mol. The van der Waals surface area contributed by atoms with Gasteiger partial charge in [-0.2, -0.15) is 0 Å². The molecule has 1 amide bonds. The highest BCUT2D eigenvalue weighted by Crippen LogP contribution is 2.55. The van der Waals surface area contributed by atoms with E-state index in [0.29, 0.717) is 40.9 Å². The Balaban J connectivity index is 1.35. The lowest BCUT2D eigenvalue weighted by atomic mass is 9.52. The van der Waals surface area contributed by atoms with E-state index in [1.807, 2.05) is 43.3 Å². The smallest absolute Gasteiger partial charge is 0.251 e. The molecular formula is C26H29NO3. The quantitative estimate of drug-likeness (QED) is 0.737. The van der Waals surface area contributed by atoms with Gasteiger partial charge in [0.25, 0.3) is 5.91 Å². The average molecular weight is 404 g/mol. The number of carbonyl (C=O) groups is 2. The molecule has 6 rings (SSSR count). The summed E-state index contributed by atoms with van der Waals surface area (Å²) in [5, 5.41) is 14.1. The van der Waals surface area contributed by atoms with Gasteiger partial charge < -0.3 is 10.4 Å². The van der Waals surface area contributed by atoms with Gasteiger partial charge in [-0.15, -0.1) is 0 Å². The van der Waals surface area contributed by atoms with Crippen LogP contribution in [0.15, 0.2) is 48.5 Å². The normalized spacial score (nSPS) is 31.5. The second-order valence-corrected chi connectivity index (χ2v) is 9.61. The minimum absolute atomic E-state index is 0.0217. The van der Waals surface area contributed by atoms with E-state index < -0.39 is 5.60 Å². The molecule has 4 nitrogen and oxygen atoms in total. The van der Waals surface area contributed by atoms with Crippen LogP contribution >= 0.6 is 0 Å². The van der Waals surface area contributed by atoms with Crippen LogP contribution in [0.2, 0.25) is 0 Å². The molecule has 0 heterocycles. The van der Waals surface area contributed by atoms with E-state index in [4.69, 9.17) is 0 Å². The number of hydrogen-bond donors (Lipinski definition) is 2. The summed E-state index contributed by atoms with van der Waals surface area (Å²) in [5.41, 5.74) is 2.34. The predicted octanol–water partition coefficient (Wildman–Crippen LogP) is 4.15. The zero-order valence-electron chi connectivity index (χ0n) is 17.4. The summed E-state index contributed by atoms with van der Waals surface area (Å²) in [7, 11) is 0. The van der Waals surface area contributed by atoms with Gasteiger partial charge >= 0.3 is 0 Å². The number of amides is 1. The Kier molecular flexibility index (Phi) is 4.78. The lowest BCUT2D eigenvalue weighted by Gasteiger charge is -2.58. The van der Waals surface area contributed by atoms with Crippen LogP contribution in [0.5, 0.6) is 0 Å². The monoisotopic (exact) mass is 403 g/mol. The SMILES string of the molecule is CCc1cc(C(=O)c2ccccc2)ccc1C(=O)NC1C2CC3CC1CC(O)(C3)C2. The molecule has 0 aliphatic heterocycles. The molecule has 4 bridgehead atoms. The van der Waals surface area contributed by atoms with Crippen LogP contribution in [0.4, 0.5) is 0 Å². The maximum atomic E-state index is 13.2. The first-order valence-corrected chi connectivity index (χ1v) is 11.2. The van der Waals surface area contributed by atoms with Crippen LogP contribution < -0.4 is 5.32 Å². The van der Waals surface area contributed by atoms with Crippen molar-refractivity contribution < 1.29 is 14.7 Å². The summed E-state index contributed by atoms with van der Waals surface area (Å²) < 4.78 is 0. The van der Waals surface area contributed by atoms with Gasteiger partial charge in [-0.1, -0.05) is 43.3 Å². The number of hydrogen-bond acceptors (Lipinski definition) is 3. The van der Waals surface area contributed by atoms with E-state index in [1.165, 1.54) is 0 Å². The first-order valence-electron chi connectivity index (χ1n) is 11.2. The number of ketones is 1. The maximum absolute atomic E-state index is 13.2. The fourth-order valence-corrected chi connectivity index (χ4v) is 6.45. The van der Waals surface area contributed by atoms with Gasteiger partial charge in [-0.25, -0.2) is 0 Å². The summed E-state index contributed by atoms with van der Waals surface area (Å²) in [6.07, 6.45) is 5.51. The molecule has 4 fully saturated rings. The molecule has 4 aliphatic carbocycles. The minimum atomic E-state index is -0.494. The van der Waals surface area contributed by atoms with E-state index in [2.05, 4.69) is 5.32 Å². The minimum Gasteiger partial charge on any atom is -0.390 e. The molecule has 2 N–H and O–H groups in total. The molecule has 4 heteroatoms. The van der Waals surface area contributed by atoms with Crippen molar-refractivity contribution >= 4 is 11.7 Å². The highest BCUT2D eigenvalue weighted by molar-refractivity contribution is 6.09. The third-order valence-electron chi connectivity index (χ3n) is 7.57. The first kappa shape index (κ1) is 19.5. The van der Waals surface area contributed by atoms with Crippen LogP contribution in [0.3, 0.4) is 0 Å². The number of benzene rings is 2.